The third kappa shape index (κ3) is 3.57. The molecule has 1 unspecified atom stereocenters. The van der Waals surface area contributed by atoms with Crippen molar-refractivity contribution in [2.24, 2.45) is 0 Å². The van der Waals surface area contributed by atoms with Crippen LogP contribution in [0.15, 0.2) is 40.8 Å². The van der Waals surface area contributed by atoms with Gasteiger partial charge < -0.3 is 14.8 Å². The number of benzene rings is 2. The third-order valence-electron chi connectivity index (χ3n) is 5.65. The number of nitrogens with one attached hydrogen (secondary N) is 1. The molecule has 0 saturated heterocycles. The number of rotatable bonds is 3. The van der Waals surface area contributed by atoms with Crippen molar-refractivity contribution in [1.29, 1.82) is 0 Å². The van der Waals surface area contributed by atoms with Gasteiger partial charge in [0.05, 0.1) is 28.7 Å². The highest BCUT2D eigenvalue weighted by Crippen LogP contribution is 2.44. The molecule has 31 heavy (non-hydrogen) atoms. The summed E-state index contributed by atoms with van der Waals surface area (Å²) in [6.45, 7) is 1.82. The molecular weight excluding hydrogens is 423 g/mol. The molecule has 164 valence electrons. The Balaban J connectivity index is 2.10. The van der Waals surface area contributed by atoms with Gasteiger partial charge in [-0.2, -0.15) is 0 Å². The highest BCUT2D eigenvalue weighted by molar-refractivity contribution is 7.92. The van der Waals surface area contributed by atoms with Crippen LogP contribution in [0.3, 0.4) is 0 Å². The van der Waals surface area contributed by atoms with E-state index in [0.29, 0.717) is 23.8 Å². The lowest BCUT2D eigenvalue weighted by Crippen LogP contribution is -2.31. The first-order chi connectivity index (χ1) is 14.5. The van der Waals surface area contributed by atoms with Crippen molar-refractivity contribution in [3.8, 4) is 11.3 Å². The fourth-order valence-electron chi connectivity index (χ4n) is 4.12. The lowest BCUT2D eigenvalue weighted by molar-refractivity contribution is 0.0490. The number of hydrogen-bond donors (Lipinski definition) is 2. The first kappa shape index (κ1) is 21.3. The van der Waals surface area contributed by atoms with Gasteiger partial charge in [0.15, 0.2) is 5.76 Å². The Hall–Kier alpha value is -2.91. The molecule has 2 heterocycles. The summed E-state index contributed by atoms with van der Waals surface area (Å²) in [5, 5.41) is 14.0. The number of anilines is 1. The lowest BCUT2D eigenvalue weighted by atomic mass is 9.89. The second-order valence-corrected chi connectivity index (χ2v) is 9.85. The van der Waals surface area contributed by atoms with E-state index in [1.165, 1.54) is 35.6 Å². The van der Waals surface area contributed by atoms with Gasteiger partial charge in [-0.05, 0) is 38.0 Å². The van der Waals surface area contributed by atoms with Gasteiger partial charge in [-0.3, -0.25) is 9.10 Å². The summed E-state index contributed by atoms with van der Waals surface area (Å²) < 4.78 is 46.6. The number of carbonyl (C=O) groups excluding carboxylic acids is 1. The minimum absolute atomic E-state index is 0.0400. The van der Waals surface area contributed by atoms with E-state index in [2.05, 4.69) is 5.32 Å². The molecule has 1 amide bonds. The minimum Gasteiger partial charge on any atom is -0.455 e. The molecule has 4 rings (SSSR count). The number of nitrogens with zero attached hydrogens (tertiary/aromatic N) is 1. The van der Waals surface area contributed by atoms with Gasteiger partial charge in [-0.1, -0.05) is 12.1 Å². The molecule has 2 aromatic carbocycles. The number of furan rings is 1. The largest absolute Gasteiger partial charge is 0.455 e. The van der Waals surface area contributed by atoms with Crippen LogP contribution in [-0.4, -0.2) is 39.3 Å². The van der Waals surface area contributed by atoms with Gasteiger partial charge in [-0.25, -0.2) is 12.8 Å². The number of halogens is 1. The number of amides is 1. The molecule has 0 aliphatic carbocycles. The summed E-state index contributed by atoms with van der Waals surface area (Å²) in [5.74, 6) is -0.999. The average molecular weight is 447 g/mol. The molecule has 7 nitrogen and oxygen atoms in total. The average Bonchev–Trinajstić information content (AvgIpc) is 3.00. The van der Waals surface area contributed by atoms with Crippen LogP contribution in [0.2, 0.25) is 0 Å². The molecule has 0 bridgehead atoms. The van der Waals surface area contributed by atoms with Crippen LogP contribution in [0.1, 0.15) is 35.7 Å². The van der Waals surface area contributed by atoms with Crippen LogP contribution in [-0.2, 0) is 15.6 Å². The van der Waals surface area contributed by atoms with E-state index in [4.69, 9.17) is 4.42 Å². The molecule has 1 atom stereocenters. The van der Waals surface area contributed by atoms with Crippen molar-refractivity contribution < 1.29 is 27.1 Å². The maximum atomic E-state index is 14.5. The van der Waals surface area contributed by atoms with Crippen molar-refractivity contribution >= 4 is 32.6 Å². The highest BCUT2D eigenvalue weighted by atomic mass is 32.2. The summed E-state index contributed by atoms with van der Waals surface area (Å²) in [4.78, 5) is 12.8. The normalized spacial score (nSPS) is 19.2. The summed E-state index contributed by atoms with van der Waals surface area (Å²) in [6, 6.07) is 9.01. The van der Waals surface area contributed by atoms with Crippen LogP contribution in [0.4, 0.5) is 10.1 Å². The third-order valence-corrected chi connectivity index (χ3v) is 6.83. The quantitative estimate of drug-likeness (QED) is 0.643. The molecule has 2 N–H and O–H groups in total. The van der Waals surface area contributed by atoms with Crippen LogP contribution in [0.25, 0.3) is 22.3 Å². The molecule has 3 aromatic rings. The fraction of sp³-hybridized carbons (Fsp3) is 0.318. The maximum Gasteiger partial charge on any atom is 0.255 e. The van der Waals surface area contributed by atoms with Crippen molar-refractivity contribution in [2.45, 2.75) is 25.4 Å². The second-order valence-electron chi connectivity index (χ2n) is 7.94. The van der Waals surface area contributed by atoms with Gasteiger partial charge in [0.25, 0.3) is 5.91 Å². The maximum absolute atomic E-state index is 14.5. The van der Waals surface area contributed by atoms with Crippen LogP contribution in [0.5, 0.6) is 0 Å². The number of hydrogen-bond acceptors (Lipinski definition) is 5. The molecule has 0 fully saturated rings. The summed E-state index contributed by atoms with van der Waals surface area (Å²) in [6.07, 6.45) is 1.90. The Morgan fingerprint density at radius 3 is 2.65 bits per heavy atom. The van der Waals surface area contributed by atoms with Gasteiger partial charge in [0.2, 0.25) is 10.0 Å². The first-order valence-corrected chi connectivity index (χ1v) is 11.7. The zero-order valence-corrected chi connectivity index (χ0v) is 18.2. The smallest absolute Gasteiger partial charge is 0.255 e. The Morgan fingerprint density at radius 1 is 1.29 bits per heavy atom. The number of aliphatic hydroxyl groups is 1. The van der Waals surface area contributed by atoms with Crippen molar-refractivity contribution in [3.05, 3.63) is 53.3 Å². The minimum atomic E-state index is -3.62. The first-order valence-electron chi connectivity index (χ1n) is 9.82. The van der Waals surface area contributed by atoms with Gasteiger partial charge in [-0.15, -0.1) is 0 Å². The highest BCUT2D eigenvalue weighted by Gasteiger charge is 2.36. The standard InChI is InChI=1S/C22H23FN2O5S/c1-22(27)9-6-10-25(31(3,28)29)17-12-18-14(11-15(17)22)19(21(26)24-2)20(30-18)13-7-4-5-8-16(13)23/h4-5,7-8,11-12,27H,6,9-10H2,1-3H3,(H,24,26). The van der Waals surface area contributed by atoms with Crippen molar-refractivity contribution in [1.82, 2.24) is 5.32 Å². The van der Waals surface area contributed by atoms with Crippen LogP contribution in [0, 0.1) is 5.82 Å². The molecule has 0 spiro atoms. The molecule has 0 radical (unpaired) electrons. The van der Waals surface area contributed by atoms with Gasteiger partial charge >= 0.3 is 0 Å². The molecular formula is C22H23FN2O5S. The predicted molar refractivity (Wildman–Crippen MR) is 116 cm³/mol. The summed E-state index contributed by atoms with van der Waals surface area (Å²) >= 11 is 0. The van der Waals surface area contributed by atoms with E-state index < -0.39 is 27.3 Å². The van der Waals surface area contributed by atoms with Crippen molar-refractivity contribution in [3.63, 3.8) is 0 Å². The SMILES string of the molecule is CNC(=O)c1c(-c2ccccc2F)oc2cc3c(cc12)C(C)(O)CCCN3S(C)(=O)=O. The fourth-order valence-corrected chi connectivity index (χ4v) is 5.09. The Labute approximate surface area is 179 Å². The van der Waals surface area contributed by atoms with E-state index >= 15 is 0 Å². The Morgan fingerprint density at radius 2 is 2.00 bits per heavy atom. The zero-order chi connectivity index (χ0) is 22.6. The number of fused-ring (bicyclic) bond motifs is 2. The molecule has 0 saturated carbocycles. The van der Waals surface area contributed by atoms with Crippen molar-refractivity contribution in [2.75, 3.05) is 24.2 Å². The van der Waals surface area contributed by atoms with Gasteiger partial charge in [0.1, 0.15) is 11.4 Å². The van der Waals surface area contributed by atoms with E-state index in [-0.39, 0.29) is 34.7 Å². The van der Waals surface area contributed by atoms with Gasteiger partial charge in [0, 0.05) is 30.6 Å². The van der Waals surface area contributed by atoms with E-state index in [0.717, 1.165) is 6.26 Å². The Bertz CT molecular complexity index is 1300. The lowest BCUT2D eigenvalue weighted by Gasteiger charge is -2.26. The monoisotopic (exact) mass is 446 g/mol. The summed E-state index contributed by atoms with van der Waals surface area (Å²) in [7, 11) is -2.17. The predicted octanol–water partition coefficient (Wildman–Crippen LogP) is 3.37. The second kappa shape index (κ2) is 7.35. The van der Waals surface area contributed by atoms with E-state index in [9.17, 15) is 22.7 Å². The van der Waals surface area contributed by atoms with E-state index in [1.54, 1.807) is 19.1 Å². The number of sulfonamides is 1. The number of carbonyl (C=O) groups is 1. The topological polar surface area (TPSA) is 99.8 Å². The molecule has 9 heteroatoms. The molecule has 1 aromatic heterocycles. The molecule has 1 aliphatic heterocycles. The van der Waals surface area contributed by atoms with Crippen LogP contribution >= 0.6 is 0 Å². The zero-order valence-electron chi connectivity index (χ0n) is 17.4. The van der Waals surface area contributed by atoms with E-state index in [1.807, 2.05) is 0 Å². The van der Waals surface area contributed by atoms with Crippen LogP contribution < -0.4 is 9.62 Å². The summed E-state index contributed by atoms with van der Waals surface area (Å²) in [5.41, 5.74) is -0.209. The Kier molecular flexibility index (Phi) is 5.06. The molecule has 1 aliphatic rings.